The predicted octanol–water partition coefficient (Wildman–Crippen LogP) is 3.53. The highest BCUT2D eigenvalue weighted by Crippen LogP contribution is 2.42. The number of aromatic hydroxyl groups is 1. The number of phenolic OH excluding ortho intramolecular Hbond substituents is 1. The molecule has 0 bridgehead atoms. The summed E-state index contributed by atoms with van der Waals surface area (Å²) in [7, 11) is 0. The van der Waals surface area contributed by atoms with Crippen LogP contribution in [-0.2, 0) is 6.54 Å². The Morgan fingerprint density at radius 1 is 1.47 bits per heavy atom. The molecule has 1 saturated carbocycles. The molecule has 1 aromatic carbocycles. The smallest absolute Gasteiger partial charge is 0.120 e. The van der Waals surface area contributed by atoms with Gasteiger partial charge in [-0.05, 0) is 37.3 Å². The molecule has 0 aliphatic heterocycles. The molecule has 1 aromatic rings. The van der Waals surface area contributed by atoms with Gasteiger partial charge in [0.15, 0.2) is 0 Å². The van der Waals surface area contributed by atoms with Crippen molar-refractivity contribution in [3.63, 3.8) is 0 Å². The molecule has 1 aliphatic carbocycles. The van der Waals surface area contributed by atoms with Crippen LogP contribution in [-0.4, -0.2) is 22.7 Å². The van der Waals surface area contributed by atoms with Crippen molar-refractivity contribution >= 4 is 27.7 Å². The Kier molecular flexibility index (Phi) is 4.39. The molecule has 0 atom stereocenters. The van der Waals surface area contributed by atoms with E-state index in [9.17, 15) is 5.11 Å². The fraction of sp³-hybridized carbons (Fsp3) is 0.538. The van der Waals surface area contributed by atoms with Crippen LogP contribution in [0.4, 0.5) is 0 Å². The first kappa shape index (κ1) is 13.2. The Bertz CT molecular complexity index is 387. The third kappa shape index (κ3) is 3.18. The van der Waals surface area contributed by atoms with Gasteiger partial charge >= 0.3 is 0 Å². The molecule has 0 saturated heterocycles. The van der Waals surface area contributed by atoms with E-state index < -0.39 is 0 Å². The summed E-state index contributed by atoms with van der Waals surface area (Å²) in [5.74, 6) is 0.368. The minimum Gasteiger partial charge on any atom is -0.508 e. The van der Waals surface area contributed by atoms with Crippen LogP contribution in [0.3, 0.4) is 0 Å². The van der Waals surface area contributed by atoms with E-state index in [4.69, 9.17) is 0 Å². The molecule has 17 heavy (non-hydrogen) atoms. The minimum atomic E-state index is 0.368. The molecular weight excluding hydrogens is 298 g/mol. The second-order valence-corrected chi connectivity index (χ2v) is 6.81. The fourth-order valence-electron chi connectivity index (χ4n) is 2.14. The molecule has 94 valence electrons. The summed E-state index contributed by atoms with van der Waals surface area (Å²) in [4.78, 5) is 0. The second kappa shape index (κ2) is 5.63. The molecule has 0 heterocycles. The fourth-order valence-corrected chi connectivity index (χ4v) is 3.50. The van der Waals surface area contributed by atoms with Crippen molar-refractivity contribution in [2.45, 2.75) is 30.6 Å². The van der Waals surface area contributed by atoms with Gasteiger partial charge in [0.25, 0.3) is 0 Å². The zero-order chi connectivity index (χ0) is 12.3. The van der Waals surface area contributed by atoms with Gasteiger partial charge in [0.2, 0.25) is 0 Å². The van der Waals surface area contributed by atoms with Crippen LogP contribution in [0.15, 0.2) is 22.7 Å². The molecule has 4 heteroatoms. The highest BCUT2D eigenvalue weighted by Gasteiger charge is 2.35. The van der Waals surface area contributed by atoms with Gasteiger partial charge in [-0.25, -0.2) is 0 Å². The number of rotatable bonds is 5. The van der Waals surface area contributed by atoms with Crippen molar-refractivity contribution < 1.29 is 5.11 Å². The summed E-state index contributed by atoms with van der Waals surface area (Å²) < 4.78 is 1.46. The first-order chi connectivity index (χ1) is 8.15. The number of phenols is 1. The Labute approximate surface area is 115 Å². The summed E-state index contributed by atoms with van der Waals surface area (Å²) >= 11 is 5.39. The van der Waals surface area contributed by atoms with Crippen molar-refractivity contribution in [1.29, 1.82) is 0 Å². The molecule has 0 unspecified atom stereocenters. The lowest BCUT2D eigenvalue weighted by Crippen LogP contribution is -2.43. The molecule has 2 rings (SSSR count). The first-order valence-electron chi connectivity index (χ1n) is 5.88. The lowest BCUT2D eigenvalue weighted by molar-refractivity contribution is 0.344. The summed E-state index contributed by atoms with van der Waals surface area (Å²) in [6.07, 6.45) is 6.17. The van der Waals surface area contributed by atoms with Crippen molar-refractivity contribution in [3.8, 4) is 5.75 Å². The molecule has 0 spiro atoms. The van der Waals surface area contributed by atoms with E-state index in [0.717, 1.165) is 23.1 Å². The SMILES string of the molecule is CSC1(CNCc2cc(Br)ccc2O)CCC1. The molecule has 0 aromatic heterocycles. The van der Waals surface area contributed by atoms with Gasteiger partial charge < -0.3 is 10.4 Å². The lowest BCUT2D eigenvalue weighted by atomic mass is 9.84. The van der Waals surface area contributed by atoms with Crippen LogP contribution in [0.2, 0.25) is 0 Å². The van der Waals surface area contributed by atoms with Crippen LogP contribution in [0.1, 0.15) is 24.8 Å². The zero-order valence-electron chi connectivity index (χ0n) is 10.0. The third-order valence-corrected chi connectivity index (χ3v) is 5.41. The molecule has 1 aliphatic rings. The van der Waals surface area contributed by atoms with E-state index in [1.807, 2.05) is 23.9 Å². The van der Waals surface area contributed by atoms with Crippen LogP contribution in [0, 0.1) is 0 Å². The quantitative estimate of drug-likeness (QED) is 0.871. The monoisotopic (exact) mass is 315 g/mol. The summed E-state index contributed by atoms with van der Waals surface area (Å²) in [6.45, 7) is 1.76. The Hall–Kier alpha value is -0.190. The highest BCUT2D eigenvalue weighted by atomic mass is 79.9. The number of hydrogen-bond acceptors (Lipinski definition) is 3. The largest absolute Gasteiger partial charge is 0.508 e. The summed E-state index contributed by atoms with van der Waals surface area (Å²) in [5, 5.41) is 13.2. The van der Waals surface area contributed by atoms with Crippen LogP contribution < -0.4 is 5.32 Å². The van der Waals surface area contributed by atoms with Crippen LogP contribution in [0.25, 0.3) is 0 Å². The predicted molar refractivity (Wildman–Crippen MR) is 77.6 cm³/mol. The van der Waals surface area contributed by atoms with Crippen molar-refractivity contribution in [2.24, 2.45) is 0 Å². The van der Waals surface area contributed by atoms with Crippen molar-refractivity contribution in [3.05, 3.63) is 28.2 Å². The topological polar surface area (TPSA) is 32.3 Å². The van der Waals surface area contributed by atoms with Gasteiger partial charge in [-0.1, -0.05) is 22.4 Å². The highest BCUT2D eigenvalue weighted by molar-refractivity contribution is 9.10. The van der Waals surface area contributed by atoms with Gasteiger partial charge in [0.05, 0.1) is 0 Å². The standard InChI is InChI=1S/C13H18BrNOS/c1-17-13(5-2-6-13)9-15-8-10-7-11(14)3-4-12(10)16/h3-4,7,15-16H,2,5-6,8-9H2,1H3. The van der Waals surface area contributed by atoms with E-state index in [1.165, 1.54) is 19.3 Å². The first-order valence-corrected chi connectivity index (χ1v) is 7.90. The Balaban J connectivity index is 1.87. The van der Waals surface area contributed by atoms with E-state index in [0.29, 0.717) is 10.5 Å². The summed E-state index contributed by atoms with van der Waals surface area (Å²) in [5.41, 5.74) is 0.954. The van der Waals surface area contributed by atoms with Gasteiger partial charge in [0.1, 0.15) is 5.75 Å². The number of thioether (sulfide) groups is 1. The molecule has 2 N–H and O–H groups in total. The molecule has 1 fully saturated rings. The van der Waals surface area contributed by atoms with Gasteiger partial charge in [-0.2, -0.15) is 11.8 Å². The maximum atomic E-state index is 9.73. The normalized spacial score (nSPS) is 17.8. The van der Waals surface area contributed by atoms with Gasteiger partial charge in [-0.15, -0.1) is 0 Å². The maximum absolute atomic E-state index is 9.73. The molecule has 0 amide bonds. The number of halogens is 1. The van der Waals surface area contributed by atoms with Crippen LogP contribution >= 0.6 is 27.7 Å². The average molecular weight is 316 g/mol. The molecule has 2 nitrogen and oxygen atoms in total. The van der Waals surface area contributed by atoms with E-state index in [-0.39, 0.29) is 0 Å². The average Bonchev–Trinajstić information content (AvgIpc) is 2.27. The number of benzene rings is 1. The lowest BCUT2D eigenvalue weighted by Gasteiger charge is -2.40. The number of nitrogens with one attached hydrogen (secondary N) is 1. The van der Waals surface area contributed by atoms with E-state index in [1.54, 1.807) is 6.07 Å². The van der Waals surface area contributed by atoms with Crippen molar-refractivity contribution in [1.82, 2.24) is 5.32 Å². The summed E-state index contributed by atoms with van der Waals surface area (Å²) in [6, 6.07) is 5.55. The van der Waals surface area contributed by atoms with Crippen molar-refractivity contribution in [2.75, 3.05) is 12.8 Å². The second-order valence-electron chi connectivity index (χ2n) is 4.62. The zero-order valence-corrected chi connectivity index (χ0v) is 12.4. The maximum Gasteiger partial charge on any atom is 0.120 e. The van der Waals surface area contributed by atoms with E-state index >= 15 is 0 Å². The third-order valence-electron chi connectivity index (χ3n) is 3.50. The Morgan fingerprint density at radius 3 is 2.82 bits per heavy atom. The van der Waals surface area contributed by atoms with E-state index in [2.05, 4.69) is 27.5 Å². The van der Waals surface area contributed by atoms with Gasteiger partial charge in [-0.3, -0.25) is 0 Å². The van der Waals surface area contributed by atoms with Crippen LogP contribution in [0.5, 0.6) is 5.75 Å². The Morgan fingerprint density at radius 2 is 2.24 bits per heavy atom. The molecule has 0 radical (unpaired) electrons. The molecular formula is C13H18BrNOS. The minimum absolute atomic E-state index is 0.368. The van der Waals surface area contributed by atoms with Gasteiger partial charge in [0, 0.05) is 27.9 Å². The number of hydrogen-bond donors (Lipinski definition) is 2.